The van der Waals surface area contributed by atoms with E-state index in [0.29, 0.717) is 19.3 Å². The van der Waals surface area contributed by atoms with Crippen molar-refractivity contribution in [3.8, 4) is 5.75 Å². The maximum atomic E-state index is 5.79. The first-order valence-corrected chi connectivity index (χ1v) is 6.77. The summed E-state index contributed by atoms with van der Waals surface area (Å²) < 4.78 is 10.8. The summed E-state index contributed by atoms with van der Waals surface area (Å²) in [5.41, 5.74) is 1.25. The van der Waals surface area contributed by atoms with Gasteiger partial charge in [0.2, 0.25) is 0 Å². The summed E-state index contributed by atoms with van der Waals surface area (Å²) in [6.07, 6.45) is 2.28. The molecule has 1 aromatic carbocycles. The minimum Gasteiger partial charge on any atom is -0.491 e. The standard InChI is InChI=1S/C15H25NO2/c1-4-8-14(16-5-2)13-9-6-7-10-15(13)18-12-11-17-3/h6-7,9-10,14,16H,4-5,8,11-12H2,1-3H3. The van der Waals surface area contributed by atoms with Crippen LogP contribution in [0, 0.1) is 0 Å². The summed E-state index contributed by atoms with van der Waals surface area (Å²) in [5, 5.41) is 3.52. The van der Waals surface area contributed by atoms with Crippen LogP contribution in [-0.4, -0.2) is 26.9 Å². The number of rotatable bonds is 9. The van der Waals surface area contributed by atoms with Crippen molar-refractivity contribution < 1.29 is 9.47 Å². The molecule has 0 saturated heterocycles. The Hall–Kier alpha value is -1.06. The lowest BCUT2D eigenvalue weighted by Gasteiger charge is -2.21. The summed E-state index contributed by atoms with van der Waals surface area (Å²) in [5.74, 6) is 0.967. The topological polar surface area (TPSA) is 30.5 Å². The zero-order valence-corrected chi connectivity index (χ0v) is 11.7. The molecule has 0 aromatic heterocycles. The molecule has 0 fully saturated rings. The van der Waals surface area contributed by atoms with Crippen LogP contribution in [0.3, 0.4) is 0 Å². The molecule has 0 bridgehead atoms. The van der Waals surface area contributed by atoms with Gasteiger partial charge in [-0.3, -0.25) is 0 Å². The Balaban J connectivity index is 2.76. The number of nitrogens with one attached hydrogen (secondary N) is 1. The van der Waals surface area contributed by atoms with Crippen molar-refractivity contribution in [2.75, 3.05) is 26.9 Å². The summed E-state index contributed by atoms with van der Waals surface area (Å²) in [6, 6.07) is 8.63. The summed E-state index contributed by atoms with van der Waals surface area (Å²) >= 11 is 0. The van der Waals surface area contributed by atoms with Gasteiger partial charge in [-0.25, -0.2) is 0 Å². The van der Waals surface area contributed by atoms with Gasteiger partial charge in [0, 0.05) is 18.7 Å². The van der Waals surface area contributed by atoms with Crippen LogP contribution >= 0.6 is 0 Å². The summed E-state index contributed by atoms with van der Waals surface area (Å²) in [6.45, 7) is 6.53. The van der Waals surface area contributed by atoms with E-state index >= 15 is 0 Å². The monoisotopic (exact) mass is 251 g/mol. The number of methoxy groups -OCH3 is 1. The van der Waals surface area contributed by atoms with Crippen molar-refractivity contribution in [2.24, 2.45) is 0 Å². The minimum absolute atomic E-state index is 0.374. The fourth-order valence-electron chi connectivity index (χ4n) is 2.04. The normalized spacial score (nSPS) is 12.4. The Labute approximate surface area is 110 Å². The van der Waals surface area contributed by atoms with Gasteiger partial charge in [0.25, 0.3) is 0 Å². The minimum atomic E-state index is 0.374. The van der Waals surface area contributed by atoms with E-state index in [2.05, 4.69) is 31.3 Å². The predicted molar refractivity (Wildman–Crippen MR) is 75.1 cm³/mol. The van der Waals surface area contributed by atoms with Crippen molar-refractivity contribution in [1.82, 2.24) is 5.32 Å². The molecule has 0 saturated carbocycles. The summed E-state index contributed by atoms with van der Waals surface area (Å²) in [7, 11) is 1.69. The molecule has 0 aliphatic carbocycles. The van der Waals surface area contributed by atoms with Gasteiger partial charge in [-0.15, -0.1) is 0 Å². The molecule has 18 heavy (non-hydrogen) atoms. The number of hydrogen-bond donors (Lipinski definition) is 1. The van der Waals surface area contributed by atoms with Gasteiger partial charge >= 0.3 is 0 Å². The lowest BCUT2D eigenvalue weighted by molar-refractivity contribution is 0.145. The van der Waals surface area contributed by atoms with E-state index in [1.54, 1.807) is 7.11 Å². The Morgan fingerprint density at radius 3 is 2.61 bits per heavy atom. The highest BCUT2D eigenvalue weighted by atomic mass is 16.5. The number of hydrogen-bond acceptors (Lipinski definition) is 3. The predicted octanol–water partition coefficient (Wildman–Crippen LogP) is 3.16. The van der Waals surface area contributed by atoms with Crippen molar-refractivity contribution >= 4 is 0 Å². The molecular formula is C15H25NO2. The van der Waals surface area contributed by atoms with Gasteiger partial charge in [-0.05, 0) is 19.0 Å². The second kappa shape index (κ2) is 8.95. The molecule has 0 heterocycles. The lowest BCUT2D eigenvalue weighted by atomic mass is 10.0. The quantitative estimate of drug-likeness (QED) is 0.684. The third kappa shape index (κ3) is 4.67. The number of ether oxygens (including phenoxy) is 2. The molecule has 1 N–H and O–H groups in total. The molecule has 0 radical (unpaired) electrons. The Morgan fingerprint density at radius 1 is 1.17 bits per heavy atom. The number of para-hydroxylation sites is 1. The highest BCUT2D eigenvalue weighted by molar-refractivity contribution is 5.36. The van der Waals surface area contributed by atoms with Crippen LogP contribution in [-0.2, 0) is 4.74 Å². The first-order valence-electron chi connectivity index (χ1n) is 6.77. The first kappa shape index (κ1) is 15.0. The van der Waals surface area contributed by atoms with E-state index in [4.69, 9.17) is 9.47 Å². The van der Waals surface area contributed by atoms with Gasteiger partial charge in [0.15, 0.2) is 0 Å². The third-order valence-electron chi connectivity index (χ3n) is 2.87. The average molecular weight is 251 g/mol. The van der Waals surface area contributed by atoms with Crippen LogP contribution in [0.25, 0.3) is 0 Å². The van der Waals surface area contributed by atoms with Gasteiger partial charge in [0.1, 0.15) is 12.4 Å². The lowest BCUT2D eigenvalue weighted by Crippen LogP contribution is -2.21. The number of benzene rings is 1. The maximum Gasteiger partial charge on any atom is 0.124 e. The van der Waals surface area contributed by atoms with E-state index < -0.39 is 0 Å². The third-order valence-corrected chi connectivity index (χ3v) is 2.87. The molecule has 0 spiro atoms. The Kier molecular flexibility index (Phi) is 7.46. The molecule has 0 aliphatic rings. The second-order valence-electron chi connectivity index (χ2n) is 4.28. The van der Waals surface area contributed by atoms with Gasteiger partial charge in [0.05, 0.1) is 6.61 Å². The molecule has 0 aliphatic heterocycles. The Bertz CT molecular complexity index is 322. The average Bonchev–Trinajstić information content (AvgIpc) is 2.39. The van der Waals surface area contributed by atoms with Gasteiger partial charge < -0.3 is 14.8 Å². The molecular weight excluding hydrogens is 226 g/mol. The van der Waals surface area contributed by atoms with Crippen LogP contribution in [0.2, 0.25) is 0 Å². The molecule has 1 unspecified atom stereocenters. The SMILES string of the molecule is CCCC(NCC)c1ccccc1OCCOC. The van der Waals surface area contributed by atoms with Crippen LogP contribution in [0.5, 0.6) is 5.75 Å². The van der Waals surface area contributed by atoms with Gasteiger partial charge in [-0.1, -0.05) is 38.5 Å². The van der Waals surface area contributed by atoms with E-state index in [1.165, 1.54) is 5.56 Å². The molecule has 1 rings (SSSR count). The molecule has 3 nitrogen and oxygen atoms in total. The van der Waals surface area contributed by atoms with E-state index in [1.807, 2.05) is 12.1 Å². The van der Waals surface area contributed by atoms with Crippen LogP contribution < -0.4 is 10.1 Å². The maximum absolute atomic E-state index is 5.79. The fraction of sp³-hybridized carbons (Fsp3) is 0.600. The molecule has 1 atom stereocenters. The van der Waals surface area contributed by atoms with Crippen molar-refractivity contribution in [3.63, 3.8) is 0 Å². The highest BCUT2D eigenvalue weighted by Crippen LogP contribution is 2.27. The largest absolute Gasteiger partial charge is 0.491 e. The smallest absolute Gasteiger partial charge is 0.124 e. The fourth-order valence-corrected chi connectivity index (χ4v) is 2.04. The molecule has 3 heteroatoms. The van der Waals surface area contributed by atoms with Crippen LogP contribution in [0.1, 0.15) is 38.3 Å². The Morgan fingerprint density at radius 2 is 1.94 bits per heavy atom. The van der Waals surface area contributed by atoms with E-state index in [9.17, 15) is 0 Å². The molecule has 0 amide bonds. The van der Waals surface area contributed by atoms with Crippen LogP contribution in [0.15, 0.2) is 24.3 Å². The zero-order valence-electron chi connectivity index (χ0n) is 11.7. The molecule has 102 valence electrons. The van der Waals surface area contributed by atoms with Crippen molar-refractivity contribution in [2.45, 2.75) is 32.7 Å². The summed E-state index contributed by atoms with van der Waals surface area (Å²) in [4.78, 5) is 0. The van der Waals surface area contributed by atoms with E-state index in [-0.39, 0.29) is 0 Å². The zero-order chi connectivity index (χ0) is 13.2. The van der Waals surface area contributed by atoms with Gasteiger partial charge in [-0.2, -0.15) is 0 Å². The van der Waals surface area contributed by atoms with Crippen molar-refractivity contribution in [1.29, 1.82) is 0 Å². The second-order valence-corrected chi connectivity index (χ2v) is 4.28. The van der Waals surface area contributed by atoms with E-state index in [0.717, 1.165) is 25.1 Å². The first-order chi connectivity index (χ1) is 8.83. The van der Waals surface area contributed by atoms with Crippen molar-refractivity contribution in [3.05, 3.63) is 29.8 Å². The van der Waals surface area contributed by atoms with Crippen LogP contribution in [0.4, 0.5) is 0 Å². The highest BCUT2D eigenvalue weighted by Gasteiger charge is 2.13. The molecule has 1 aromatic rings.